The van der Waals surface area contributed by atoms with Crippen LogP contribution in [-0.4, -0.2) is 17.8 Å². The molecule has 1 rings (SSSR count). The van der Waals surface area contributed by atoms with Crippen molar-refractivity contribution in [2.75, 3.05) is 6.54 Å². The first-order valence-electron chi connectivity index (χ1n) is 5.49. The lowest BCUT2D eigenvalue weighted by Crippen LogP contribution is -2.27. The van der Waals surface area contributed by atoms with Crippen molar-refractivity contribution >= 4 is 0 Å². The first-order chi connectivity index (χ1) is 7.00. The highest BCUT2D eigenvalue weighted by Crippen LogP contribution is 2.16. The second-order valence-electron chi connectivity index (χ2n) is 4.32. The van der Waals surface area contributed by atoms with Crippen LogP contribution in [0.25, 0.3) is 0 Å². The Kier molecular flexibility index (Phi) is 4.30. The van der Waals surface area contributed by atoms with Crippen LogP contribution in [0.3, 0.4) is 0 Å². The molecule has 1 aromatic rings. The number of aliphatic hydroxyl groups is 1. The van der Waals surface area contributed by atoms with E-state index in [1.54, 1.807) is 6.92 Å². The Balaban J connectivity index is 2.65. The monoisotopic (exact) mass is 207 g/mol. The highest BCUT2D eigenvalue weighted by molar-refractivity contribution is 5.31. The Morgan fingerprint density at radius 3 is 2.40 bits per heavy atom. The van der Waals surface area contributed by atoms with Gasteiger partial charge in [0, 0.05) is 12.6 Å². The highest BCUT2D eigenvalue weighted by Gasteiger charge is 2.06. The van der Waals surface area contributed by atoms with Gasteiger partial charge in [-0.25, -0.2) is 0 Å². The summed E-state index contributed by atoms with van der Waals surface area (Å²) in [7, 11) is 0. The molecule has 0 amide bonds. The molecule has 0 fully saturated rings. The van der Waals surface area contributed by atoms with E-state index >= 15 is 0 Å². The fourth-order valence-corrected chi connectivity index (χ4v) is 1.50. The molecule has 2 heteroatoms. The molecular weight excluding hydrogens is 186 g/mol. The van der Waals surface area contributed by atoms with Crippen LogP contribution in [0.5, 0.6) is 0 Å². The summed E-state index contributed by atoms with van der Waals surface area (Å²) >= 11 is 0. The smallest absolute Gasteiger partial charge is 0.0636 e. The molecule has 0 saturated heterocycles. The van der Waals surface area contributed by atoms with Crippen LogP contribution < -0.4 is 5.32 Å². The van der Waals surface area contributed by atoms with E-state index in [1.165, 1.54) is 16.7 Å². The number of hydrogen-bond donors (Lipinski definition) is 2. The minimum atomic E-state index is -0.293. The maximum absolute atomic E-state index is 9.18. The lowest BCUT2D eigenvalue weighted by molar-refractivity contribution is 0.187. The molecule has 2 atom stereocenters. The van der Waals surface area contributed by atoms with Gasteiger partial charge in [0.25, 0.3) is 0 Å². The van der Waals surface area contributed by atoms with E-state index < -0.39 is 0 Å². The van der Waals surface area contributed by atoms with Crippen LogP contribution >= 0.6 is 0 Å². The molecule has 0 aliphatic heterocycles. The molecule has 0 heterocycles. The molecular formula is C13H21NO. The summed E-state index contributed by atoms with van der Waals surface area (Å²) < 4.78 is 0. The molecule has 2 unspecified atom stereocenters. The molecule has 0 saturated carbocycles. The number of rotatable bonds is 4. The number of aliphatic hydroxyl groups excluding tert-OH is 1. The van der Waals surface area contributed by atoms with Gasteiger partial charge < -0.3 is 10.4 Å². The molecule has 0 aliphatic carbocycles. The molecule has 1 aromatic carbocycles. The van der Waals surface area contributed by atoms with Gasteiger partial charge >= 0.3 is 0 Å². The molecule has 0 spiro atoms. The number of hydrogen-bond acceptors (Lipinski definition) is 2. The van der Waals surface area contributed by atoms with Crippen molar-refractivity contribution in [2.24, 2.45) is 0 Å². The Hall–Kier alpha value is -0.860. The lowest BCUT2D eigenvalue weighted by Gasteiger charge is -2.16. The quantitative estimate of drug-likeness (QED) is 0.794. The van der Waals surface area contributed by atoms with Gasteiger partial charge in [-0.2, -0.15) is 0 Å². The van der Waals surface area contributed by atoms with E-state index in [2.05, 4.69) is 44.3 Å². The van der Waals surface area contributed by atoms with Crippen molar-refractivity contribution in [1.82, 2.24) is 5.32 Å². The van der Waals surface area contributed by atoms with Gasteiger partial charge in [0.2, 0.25) is 0 Å². The minimum absolute atomic E-state index is 0.291. The zero-order chi connectivity index (χ0) is 11.4. The van der Waals surface area contributed by atoms with Crippen LogP contribution in [0.1, 0.15) is 36.6 Å². The van der Waals surface area contributed by atoms with Gasteiger partial charge in [-0.05, 0) is 44.4 Å². The molecule has 2 N–H and O–H groups in total. The van der Waals surface area contributed by atoms with Crippen molar-refractivity contribution in [3.05, 3.63) is 34.9 Å². The minimum Gasteiger partial charge on any atom is -0.392 e. The number of nitrogens with one attached hydrogen (secondary N) is 1. The predicted octanol–water partition coefficient (Wildman–Crippen LogP) is 2.33. The molecule has 15 heavy (non-hydrogen) atoms. The van der Waals surface area contributed by atoms with Crippen LogP contribution in [-0.2, 0) is 0 Å². The van der Waals surface area contributed by atoms with E-state index in [0.717, 1.165) is 0 Å². The Labute approximate surface area is 92.3 Å². The number of benzene rings is 1. The van der Waals surface area contributed by atoms with E-state index in [1.807, 2.05) is 0 Å². The van der Waals surface area contributed by atoms with Crippen molar-refractivity contribution in [2.45, 2.75) is 39.8 Å². The van der Waals surface area contributed by atoms with Gasteiger partial charge in [0.1, 0.15) is 0 Å². The van der Waals surface area contributed by atoms with Crippen molar-refractivity contribution in [1.29, 1.82) is 0 Å². The van der Waals surface area contributed by atoms with Gasteiger partial charge in [-0.3, -0.25) is 0 Å². The first kappa shape index (κ1) is 12.2. The van der Waals surface area contributed by atoms with Gasteiger partial charge in [0.05, 0.1) is 6.10 Å². The summed E-state index contributed by atoms with van der Waals surface area (Å²) in [6.07, 6.45) is -0.293. The largest absolute Gasteiger partial charge is 0.392 e. The molecule has 0 aromatic heterocycles. The van der Waals surface area contributed by atoms with Gasteiger partial charge in [-0.1, -0.05) is 18.2 Å². The maximum Gasteiger partial charge on any atom is 0.0636 e. The van der Waals surface area contributed by atoms with E-state index in [-0.39, 0.29) is 6.10 Å². The van der Waals surface area contributed by atoms with Gasteiger partial charge in [-0.15, -0.1) is 0 Å². The summed E-state index contributed by atoms with van der Waals surface area (Å²) in [6.45, 7) is 8.79. The fraction of sp³-hybridized carbons (Fsp3) is 0.538. The Bertz CT molecular complexity index is 320. The lowest BCUT2D eigenvalue weighted by atomic mass is 10.0. The molecule has 0 aliphatic rings. The highest BCUT2D eigenvalue weighted by atomic mass is 16.3. The molecule has 2 nitrogen and oxygen atoms in total. The molecule has 84 valence electrons. The van der Waals surface area contributed by atoms with Crippen LogP contribution in [0, 0.1) is 13.8 Å². The van der Waals surface area contributed by atoms with Crippen molar-refractivity contribution in [3.63, 3.8) is 0 Å². The van der Waals surface area contributed by atoms with Gasteiger partial charge in [0.15, 0.2) is 0 Å². The topological polar surface area (TPSA) is 32.3 Å². The Morgan fingerprint density at radius 1 is 1.20 bits per heavy atom. The summed E-state index contributed by atoms with van der Waals surface area (Å²) in [4.78, 5) is 0. The van der Waals surface area contributed by atoms with Crippen LogP contribution in [0.15, 0.2) is 18.2 Å². The van der Waals surface area contributed by atoms with E-state index in [9.17, 15) is 5.11 Å². The summed E-state index contributed by atoms with van der Waals surface area (Å²) in [5.74, 6) is 0. The number of aryl methyl sites for hydroxylation is 2. The second-order valence-corrected chi connectivity index (χ2v) is 4.32. The third-order valence-electron chi connectivity index (χ3n) is 2.75. The summed E-state index contributed by atoms with van der Waals surface area (Å²) in [6, 6.07) is 6.78. The zero-order valence-corrected chi connectivity index (χ0v) is 10.0. The summed E-state index contributed by atoms with van der Waals surface area (Å²) in [5, 5.41) is 12.5. The summed E-state index contributed by atoms with van der Waals surface area (Å²) in [5.41, 5.74) is 3.92. The SMILES string of the molecule is Cc1ccc(C(C)NCC(C)O)cc1C. The zero-order valence-electron chi connectivity index (χ0n) is 10.0. The first-order valence-corrected chi connectivity index (χ1v) is 5.49. The molecule has 0 radical (unpaired) electrons. The maximum atomic E-state index is 9.18. The predicted molar refractivity (Wildman–Crippen MR) is 64.0 cm³/mol. The van der Waals surface area contributed by atoms with Crippen LogP contribution in [0.2, 0.25) is 0 Å². The van der Waals surface area contributed by atoms with E-state index in [0.29, 0.717) is 12.6 Å². The Morgan fingerprint density at radius 2 is 1.87 bits per heavy atom. The van der Waals surface area contributed by atoms with Crippen molar-refractivity contribution < 1.29 is 5.11 Å². The third-order valence-corrected chi connectivity index (χ3v) is 2.75. The normalized spacial score (nSPS) is 15.0. The van der Waals surface area contributed by atoms with Crippen LogP contribution in [0.4, 0.5) is 0 Å². The fourth-order valence-electron chi connectivity index (χ4n) is 1.50. The van der Waals surface area contributed by atoms with Crippen molar-refractivity contribution in [3.8, 4) is 0 Å². The second kappa shape index (κ2) is 5.29. The average Bonchev–Trinajstić information content (AvgIpc) is 2.18. The van der Waals surface area contributed by atoms with E-state index in [4.69, 9.17) is 0 Å². The third kappa shape index (κ3) is 3.65. The average molecular weight is 207 g/mol. The standard InChI is InChI=1S/C13H21NO/c1-9-5-6-13(7-10(9)2)12(4)14-8-11(3)15/h5-7,11-12,14-15H,8H2,1-4H3. The molecule has 0 bridgehead atoms.